The Bertz CT molecular complexity index is 1660. The van der Waals surface area contributed by atoms with Crippen molar-refractivity contribution in [2.24, 2.45) is 0 Å². The number of hydrogen-bond donors (Lipinski definition) is 4. The number of aromatic nitrogens is 2. The van der Waals surface area contributed by atoms with Crippen LogP contribution in [-0.2, 0) is 21.5 Å². The lowest BCUT2D eigenvalue weighted by Gasteiger charge is -2.29. The van der Waals surface area contributed by atoms with E-state index in [1.807, 2.05) is 28.8 Å². The van der Waals surface area contributed by atoms with Crippen molar-refractivity contribution < 1.29 is 34.4 Å². The molecule has 1 aliphatic heterocycles. The second kappa shape index (κ2) is 9.09. The van der Waals surface area contributed by atoms with Crippen molar-refractivity contribution in [1.29, 1.82) is 0 Å². The highest BCUT2D eigenvalue weighted by Gasteiger charge is 2.56. The van der Waals surface area contributed by atoms with Crippen molar-refractivity contribution >= 4 is 28.4 Å². The molecule has 10 nitrogen and oxygen atoms in total. The van der Waals surface area contributed by atoms with Crippen molar-refractivity contribution in [3.05, 3.63) is 69.9 Å². The Morgan fingerprint density at radius 1 is 1.18 bits per heavy atom. The minimum Gasteiger partial charge on any atom is -0.507 e. The Kier molecular flexibility index (Phi) is 6.10. The maximum atomic E-state index is 13.9. The predicted molar refractivity (Wildman–Crippen MR) is 142 cm³/mol. The molecule has 0 radical (unpaired) electrons. The molecule has 202 valence electrons. The smallest absolute Gasteiger partial charge is 0.194 e. The second-order valence-electron chi connectivity index (χ2n) is 10.1. The molecule has 0 spiro atoms. The molecule has 10 heteroatoms. The molecule has 3 aromatic rings. The molecular weight excluding hydrogens is 502 g/mol. The van der Waals surface area contributed by atoms with Gasteiger partial charge in [-0.1, -0.05) is 12.1 Å². The molecule has 5 rings (SSSR count). The average molecular weight is 532 g/mol. The molecule has 0 saturated heterocycles. The van der Waals surface area contributed by atoms with Crippen LogP contribution in [0.3, 0.4) is 0 Å². The van der Waals surface area contributed by atoms with E-state index >= 15 is 0 Å². The first-order chi connectivity index (χ1) is 18.4. The molecule has 2 atom stereocenters. The number of ketones is 3. The number of aromatic hydroxyl groups is 2. The van der Waals surface area contributed by atoms with Gasteiger partial charge in [0.15, 0.2) is 17.3 Å². The monoisotopic (exact) mass is 531 g/mol. The van der Waals surface area contributed by atoms with Crippen molar-refractivity contribution in [2.75, 3.05) is 6.54 Å². The van der Waals surface area contributed by atoms with E-state index < -0.39 is 34.6 Å². The largest absolute Gasteiger partial charge is 0.507 e. The van der Waals surface area contributed by atoms with Crippen molar-refractivity contribution in [3.8, 4) is 17.2 Å². The van der Waals surface area contributed by atoms with E-state index in [-0.39, 0.29) is 39.5 Å². The third kappa shape index (κ3) is 3.74. The zero-order chi connectivity index (χ0) is 28.4. The summed E-state index contributed by atoms with van der Waals surface area (Å²) >= 11 is 0. The summed E-state index contributed by atoms with van der Waals surface area (Å²) in [4.78, 5) is 43.9. The zero-order valence-electron chi connectivity index (χ0n) is 22.2. The number of fused-ring (bicyclic) bond motifs is 4. The van der Waals surface area contributed by atoms with E-state index in [9.17, 15) is 29.7 Å². The van der Waals surface area contributed by atoms with Gasteiger partial charge in [-0.3, -0.25) is 14.4 Å². The standard InChI is InChI=1S/C29H29N3O7/c1-13-24(36)22(15(3)33)26-23(25(13)37)29(5)20(39-26)12-19(35)21(27(29)38)14(2)30-10-11-32-18-9-7-6-8-17(18)31-28(32)16(4)34/h6-9,12,16,30,34,36-37H,10-11H2,1-5H3/b21-14+/t16-,29-/m0/s1. The van der Waals surface area contributed by atoms with E-state index in [0.717, 1.165) is 11.0 Å². The van der Waals surface area contributed by atoms with Crippen LogP contribution in [0.2, 0.25) is 0 Å². The number of aliphatic hydroxyl groups is 1. The summed E-state index contributed by atoms with van der Waals surface area (Å²) in [5.74, 6) is -2.12. The first kappa shape index (κ1) is 26.2. The van der Waals surface area contributed by atoms with Gasteiger partial charge in [0.2, 0.25) is 0 Å². The van der Waals surface area contributed by atoms with Gasteiger partial charge in [-0.15, -0.1) is 0 Å². The Morgan fingerprint density at radius 2 is 1.87 bits per heavy atom. The number of phenols is 2. The Hall–Kier alpha value is -4.44. The molecule has 2 aromatic carbocycles. The number of phenolic OH excluding ortho intramolecular Hbond substituents is 2. The molecule has 1 aromatic heterocycles. The van der Waals surface area contributed by atoms with Gasteiger partial charge in [-0.2, -0.15) is 0 Å². The van der Waals surface area contributed by atoms with Crippen LogP contribution in [0.5, 0.6) is 17.2 Å². The molecule has 39 heavy (non-hydrogen) atoms. The number of ether oxygens (including phenoxy) is 1. The van der Waals surface area contributed by atoms with Crippen molar-refractivity contribution in [2.45, 2.75) is 52.7 Å². The number of rotatable bonds is 6. The Morgan fingerprint density at radius 3 is 2.54 bits per heavy atom. The van der Waals surface area contributed by atoms with Gasteiger partial charge in [0.05, 0.1) is 22.2 Å². The van der Waals surface area contributed by atoms with E-state index in [1.54, 1.807) is 13.8 Å². The molecular formula is C29H29N3O7. The number of nitrogens with one attached hydrogen (secondary N) is 1. The van der Waals surface area contributed by atoms with E-state index in [4.69, 9.17) is 4.74 Å². The van der Waals surface area contributed by atoms with Crippen LogP contribution >= 0.6 is 0 Å². The fraction of sp³-hybridized carbons (Fsp3) is 0.310. The Labute approximate surface area is 224 Å². The molecule has 0 fully saturated rings. The number of nitrogens with zero attached hydrogens (tertiary/aromatic N) is 2. The molecule has 0 saturated carbocycles. The maximum absolute atomic E-state index is 13.9. The van der Waals surface area contributed by atoms with E-state index in [0.29, 0.717) is 24.6 Å². The van der Waals surface area contributed by atoms with Crippen LogP contribution in [0.25, 0.3) is 11.0 Å². The van der Waals surface area contributed by atoms with Crippen LogP contribution in [0, 0.1) is 6.92 Å². The lowest BCUT2D eigenvalue weighted by molar-refractivity contribution is -0.123. The maximum Gasteiger partial charge on any atom is 0.194 e. The number of allylic oxidation sites excluding steroid dienone is 4. The van der Waals surface area contributed by atoms with Gasteiger partial charge in [-0.25, -0.2) is 4.98 Å². The molecule has 0 unspecified atom stereocenters. The quantitative estimate of drug-likeness (QED) is 0.213. The average Bonchev–Trinajstić information content (AvgIpc) is 3.39. The zero-order valence-corrected chi connectivity index (χ0v) is 22.2. The predicted octanol–water partition coefficient (Wildman–Crippen LogP) is 3.26. The number of hydrogen-bond acceptors (Lipinski definition) is 9. The number of carbonyl (C=O) groups excluding carboxylic acids is 3. The second-order valence-corrected chi connectivity index (χ2v) is 10.1. The van der Waals surface area contributed by atoms with Crippen LogP contribution < -0.4 is 10.1 Å². The third-order valence-electron chi connectivity index (χ3n) is 7.54. The normalized spacial score (nSPS) is 20.3. The van der Waals surface area contributed by atoms with Gasteiger partial charge >= 0.3 is 0 Å². The first-order valence-corrected chi connectivity index (χ1v) is 12.6. The van der Waals surface area contributed by atoms with Gasteiger partial charge < -0.3 is 29.9 Å². The molecule has 1 aliphatic carbocycles. The number of para-hydroxylation sites is 2. The SMILES string of the molecule is CC(=O)c1c(O)c(C)c(O)c2c1OC1=CC(=O)/C(=C(/C)NCCn3c([C@H](C)O)nc4ccccc43)C(=O)[C@@]12C. The fourth-order valence-corrected chi connectivity index (χ4v) is 5.45. The van der Waals surface area contributed by atoms with Gasteiger partial charge in [0.25, 0.3) is 0 Å². The number of imidazole rings is 1. The Balaban J connectivity index is 1.51. The van der Waals surface area contributed by atoms with E-state index in [1.165, 1.54) is 26.8 Å². The molecule has 2 aliphatic rings. The summed E-state index contributed by atoms with van der Waals surface area (Å²) in [5, 5.41) is 34.8. The first-order valence-electron chi connectivity index (χ1n) is 12.6. The van der Waals surface area contributed by atoms with E-state index in [2.05, 4.69) is 10.3 Å². The summed E-state index contributed by atoms with van der Waals surface area (Å²) in [6.45, 7) is 8.19. The van der Waals surface area contributed by atoms with Crippen LogP contribution in [-0.4, -0.2) is 48.8 Å². The van der Waals surface area contributed by atoms with Gasteiger partial charge in [0.1, 0.15) is 45.9 Å². The highest BCUT2D eigenvalue weighted by molar-refractivity contribution is 6.31. The number of carbonyl (C=O) groups is 3. The molecule has 2 heterocycles. The fourth-order valence-electron chi connectivity index (χ4n) is 5.45. The summed E-state index contributed by atoms with van der Waals surface area (Å²) in [6.07, 6.45) is 0.395. The minimum atomic E-state index is -1.58. The third-order valence-corrected chi connectivity index (χ3v) is 7.54. The molecule has 4 N–H and O–H groups in total. The van der Waals surface area contributed by atoms with Crippen molar-refractivity contribution in [1.82, 2.24) is 14.9 Å². The van der Waals surface area contributed by atoms with Gasteiger partial charge in [0, 0.05) is 30.4 Å². The summed E-state index contributed by atoms with van der Waals surface area (Å²) in [6, 6.07) is 7.51. The summed E-state index contributed by atoms with van der Waals surface area (Å²) in [5.41, 5.74) is 0.185. The highest BCUT2D eigenvalue weighted by Crippen LogP contribution is 2.57. The summed E-state index contributed by atoms with van der Waals surface area (Å²) < 4.78 is 7.68. The number of benzene rings is 2. The number of Topliss-reactive ketones (excluding diaryl/α,β-unsaturated/α-hetero) is 2. The van der Waals surface area contributed by atoms with Crippen LogP contribution in [0.1, 0.15) is 61.1 Å². The minimum absolute atomic E-state index is 0.0155. The lowest BCUT2D eigenvalue weighted by Crippen LogP contribution is -2.41. The summed E-state index contributed by atoms with van der Waals surface area (Å²) in [7, 11) is 0. The van der Waals surface area contributed by atoms with Crippen LogP contribution in [0.15, 0.2) is 47.4 Å². The highest BCUT2D eigenvalue weighted by atomic mass is 16.5. The molecule has 0 bridgehead atoms. The van der Waals surface area contributed by atoms with Crippen LogP contribution in [0.4, 0.5) is 0 Å². The van der Waals surface area contributed by atoms with Gasteiger partial charge in [-0.05, 0) is 46.8 Å². The van der Waals surface area contributed by atoms with Crippen molar-refractivity contribution in [3.63, 3.8) is 0 Å². The topological polar surface area (TPSA) is 151 Å². The lowest BCUT2D eigenvalue weighted by atomic mass is 9.70. The molecule has 0 amide bonds. The number of aliphatic hydroxyl groups excluding tert-OH is 1.